The highest BCUT2D eigenvalue weighted by Crippen LogP contribution is 2.39. The lowest BCUT2D eigenvalue weighted by molar-refractivity contribution is -0.119. The highest BCUT2D eigenvalue weighted by Gasteiger charge is 2.43. The largest absolute Gasteiger partial charge is 0.490 e. The monoisotopic (exact) mass is 765 g/mol. The van der Waals surface area contributed by atoms with Gasteiger partial charge in [0.15, 0.2) is 0 Å². The minimum atomic E-state index is -3.90. The second-order valence-electron chi connectivity index (χ2n) is 14.9. The maximum Gasteiger partial charge on any atom is 0.243 e. The van der Waals surface area contributed by atoms with Crippen molar-refractivity contribution in [2.24, 2.45) is 5.92 Å². The molecule has 2 heterocycles. The van der Waals surface area contributed by atoms with Crippen molar-refractivity contribution >= 4 is 21.6 Å². The predicted molar refractivity (Wildman–Crippen MR) is 210 cm³/mol. The molecule has 0 unspecified atom stereocenters. The van der Waals surface area contributed by atoms with E-state index >= 15 is 0 Å². The van der Waals surface area contributed by atoms with Crippen LogP contribution in [-0.2, 0) is 47.0 Å². The predicted octanol–water partition coefficient (Wildman–Crippen LogP) is 6.08. The molecule has 1 saturated heterocycles. The summed E-state index contributed by atoms with van der Waals surface area (Å²) in [5.74, 6) is 0.895. The normalized spacial score (nSPS) is 20.2. The zero-order valence-electron chi connectivity index (χ0n) is 32.8. The molecule has 296 valence electrons. The summed E-state index contributed by atoms with van der Waals surface area (Å²) in [5.41, 5.74) is 5.13. The third-order valence-electron chi connectivity index (χ3n) is 10.2. The van der Waals surface area contributed by atoms with Gasteiger partial charge in [-0.05, 0) is 74.1 Å². The molecular formula is C42H59N3O8S. The molecule has 3 aromatic rings. The molecule has 1 amide bonds. The van der Waals surface area contributed by atoms with Gasteiger partial charge in [0.2, 0.25) is 15.9 Å². The number of piperidine rings is 1. The van der Waals surface area contributed by atoms with Gasteiger partial charge in [0.1, 0.15) is 12.4 Å². The fourth-order valence-electron chi connectivity index (χ4n) is 7.52. The van der Waals surface area contributed by atoms with Crippen LogP contribution in [0.5, 0.6) is 5.75 Å². The highest BCUT2D eigenvalue weighted by molar-refractivity contribution is 7.89. The number of hydrogen-bond donors (Lipinski definition) is 1. The Morgan fingerprint density at radius 3 is 2.41 bits per heavy atom. The number of carbonyl (C=O) groups excluding carboxylic acids is 1. The molecule has 3 aromatic carbocycles. The average molecular weight is 766 g/mol. The minimum Gasteiger partial charge on any atom is -0.490 e. The van der Waals surface area contributed by atoms with Crippen molar-refractivity contribution in [2.45, 2.75) is 89.2 Å². The Morgan fingerprint density at radius 1 is 0.963 bits per heavy atom. The van der Waals surface area contributed by atoms with Crippen LogP contribution in [0.1, 0.15) is 68.2 Å². The lowest BCUT2D eigenvalue weighted by Crippen LogP contribution is -2.54. The molecule has 0 bridgehead atoms. The SMILES string of the molecule is COCCCN1CCOc2ccc(CO[C@H]3CN(S(=O)(=O)c4ccc(C)cc4)[C@H](C[C@H](C)NC(C)=O)C[C@@H]3c3ccc(COC[C@@H](C)COC)cc3)cc21. The van der Waals surface area contributed by atoms with Gasteiger partial charge in [0.25, 0.3) is 0 Å². The Kier molecular flexibility index (Phi) is 15.3. The number of nitrogens with zero attached hydrogens (tertiary/aromatic N) is 2. The standard InChI is InChI=1S/C42H59N3O8S/c1-30-8-15-38(16-9-30)54(47,48)45-25-42(53-29-35-12-17-41-40(23-35)44(19-21-52-41)18-7-20-49-5)39(24-37(45)22-32(3)43-33(4)46)36-13-10-34(11-14-36)28-51-27-31(2)26-50-6/h8-17,23,31-32,37,39,42H,7,18-22,24-29H2,1-6H3,(H,43,46)/t31-,32-,37+,39+,42-/m0/s1. The first kappa shape index (κ1) is 41.6. The van der Waals surface area contributed by atoms with Gasteiger partial charge in [-0.1, -0.05) is 55.0 Å². The number of fused-ring (bicyclic) bond motifs is 1. The van der Waals surface area contributed by atoms with Gasteiger partial charge in [0, 0.05) is 64.8 Å². The molecule has 1 N–H and O–H groups in total. The van der Waals surface area contributed by atoms with E-state index in [0.29, 0.717) is 58.4 Å². The van der Waals surface area contributed by atoms with E-state index in [4.69, 9.17) is 23.7 Å². The highest BCUT2D eigenvalue weighted by atomic mass is 32.2. The number of carbonyl (C=O) groups is 1. The summed E-state index contributed by atoms with van der Waals surface area (Å²) in [6.07, 6.45) is 1.45. The van der Waals surface area contributed by atoms with Gasteiger partial charge >= 0.3 is 0 Å². The second-order valence-corrected chi connectivity index (χ2v) is 16.8. The van der Waals surface area contributed by atoms with Gasteiger partial charge in [0.05, 0.1) is 49.7 Å². The molecule has 0 radical (unpaired) electrons. The Morgan fingerprint density at radius 2 is 1.70 bits per heavy atom. The number of benzene rings is 3. The van der Waals surface area contributed by atoms with E-state index in [2.05, 4.69) is 47.5 Å². The summed E-state index contributed by atoms with van der Waals surface area (Å²) >= 11 is 0. The van der Waals surface area contributed by atoms with Crippen molar-refractivity contribution in [3.63, 3.8) is 0 Å². The topological polar surface area (TPSA) is 116 Å². The molecule has 0 aliphatic carbocycles. The van der Waals surface area contributed by atoms with E-state index in [1.807, 2.05) is 38.1 Å². The van der Waals surface area contributed by atoms with E-state index in [9.17, 15) is 13.2 Å². The Labute approximate surface area is 322 Å². The second kappa shape index (κ2) is 19.9. The van der Waals surface area contributed by atoms with Crippen LogP contribution in [0.15, 0.2) is 71.6 Å². The lowest BCUT2D eigenvalue weighted by atomic mass is 9.82. The quantitative estimate of drug-likeness (QED) is 0.145. The number of aryl methyl sites for hydroxylation is 1. The van der Waals surface area contributed by atoms with Crippen molar-refractivity contribution < 1.29 is 36.9 Å². The first-order valence-electron chi connectivity index (χ1n) is 19.1. The molecule has 0 saturated carbocycles. The third kappa shape index (κ3) is 11.3. The number of ether oxygens (including phenoxy) is 5. The molecule has 11 nitrogen and oxygen atoms in total. The summed E-state index contributed by atoms with van der Waals surface area (Å²) in [5, 5.41) is 2.97. The summed E-state index contributed by atoms with van der Waals surface area (Å²) in [6.45, 7) is 12.6. The molecule has 2 aliphatic rings. The van der Waals surface area contributed by atoms with Crippen LogP contribution in [0, 0.1) is 12.8 Å². The maximum absolute atomic E-state index is 14.4. The van der Waals surface area contributed by atoms with Gasteiger partial charge in [-0.2, -0.15) is 4.31 Å². The van der Waals surface area contributed by atoms with E-state index in [0.717, 1.165) is 53.2 Å². The number of anilines is 1. The molecule has 5 atom stereocenters. The van der Waals surface area contributed by atoms with E-state index < -0.39 is 16.1 Å². The van der Waals surface area contributed by atoms with Gasteiger partial charge in [-0.3, -0.25) is 4.79 Å². The average Bonchev–Trinajstić information content (AvgIpc) is 3.14. The van der Waals surface area contributed by atoms with Crippen LogP contribution in [0.4, 0.5) is 5.69 Å². The number of methoxy groups -OCH3 is 2. The number of sulfonamides is 1. The summed E-state index contributed by atoms with van der Waals surface area (Å²) in [6, 6.07) is 20.9. The Bertz CT molecular complexity index is 1740. The first-order chi connectivity index (χ1) is 26.0. The van der Waals surface area contributed by atoms with Crippen molar-refractivity contribution in [1.29, 1.82) is 0 Å². The van der Waals surface area contributed by atoms with E-state index in [1.54, 1.807) is 30.7 Å². The molecule has 1 fully saturated rings. The van der Waals surface area contributed by atoms with Crippen molar-refractivity contribution in [3.8, 4) is 5.75 Å². The smallest absolute Gasteiger partial charge is 0.243 e. The van der Waals surface area contributed by atoms with Gasteiger partial charge in [-0.15, -0.1) is 0 Å². The van der Waals surface area contributed by atoms with Crippen molar-refractivity contribution in [2.75, 3.05) is 65.2 Å². The van der Waals surface area contributed by atoms with Crippen LogP contribution in [0.3, 0.4) is 0 Å². The Balaban J connectivity index is 1.43. The van der Waals surface area contributed by atoms with Crippen LogP contribution < -0.4 is 15.0 Å². The van der Waals surface area contributed by atoms with Crippen LogP contribution in [0.2, 0.25) is 0 Å². The summed E-state index contributed by atoms with van der Waals surface area (Å²) < 4.78 is 59.8. The van der Waals surface area contributed by atoms with E-state index in [1.165, 1.54) is 6.92 Å². The Hall–Kier alpha value is -3.52. The van der Waals surface area contributed by atoms with Crippen LogP contribution in [0.25, 0.3) is 0 Å². The first-order valence-corrected chi connectivity index (χ1v) is 20.5. The molecule has 5 rings (SSSR count). The van der Waals surface area contributed by atoms with Crippen LogP contribution in [-0.4, -0.2) is 97.1 Å². The molecular weight excluding hydrogens is 707 g/mol. The maximum atomic E-state index is 14.4. The summed E-state index contributed by atoms with van der Waals surface area (Å²) in [7, 11) is -0.488. The minimum absolute atomic E-state index is 0.104. The molecule has 12 heteroatoms. The van der Waals surface area contributed by atoms with Crippen molar-refractivity contribution in [1.82, 2.24) is 9.62 Å². The summed E-state index contributed by atoms with van der Waals surface area (Å²) in [4.78, 5) is 14.6. The zero-order chi connectivity index (χ0) is 38.7. The fraction of sp³-hybridized carbons (Fsp3) is 0.548. The zero-order valence-corrected chi connectivity index (χ0v) is 33.6. The van der Waals surface area contributed by atoms with Crippen LogP contribution >= 0.6 is 0 Å². The third-order valence-corrected chi connectivity index (χ3v) is 12.1. The number of rotatable bonds is 19. The molecule has 0 aromatic heterocycles. The lowest BCUT2D eigenvalue weighted by Gasteiger charge is -2.44. The molecule has 54 heavy (non-hydrogen) atoms. The van der Waals surface area contributed by atoms with E-state index in [-0.39, 0.29) is 35.3 Å². The van der Waals surface area contributed by atoms with Gasteiger partial charge in [-0.25, -0.2) is 8.42 Å². The van der Waals surface area contributed by atoms with Crippen molar-refractivity contribution in [3.05, 3.63) is 89.0 Å². The molecule has 2 aliphatic heterocycles. The fourth-order valence-corrected chi connectivity index (χ4v) is 9.18. The number of hydrogen-bond acceptors (Lipinski definition) is 9. The number of amides is 1. The number of nitrogens with one attached hydrogen (secondary N) is 1. The van der Waals surface area contributed by atoms with Gasteiger partial charge < -0.3 is 33.9 Å². The molecule has 0 spiro atoms.